The molecule has 1 saturated carbocycles. The lowest BCUT2D eigenvalue weighted by Crippen LogP contribution is -2.43. The zero-order valence-electron chi connectivity index (χ0n) is 10.4. The van der Waals surface area contributed by atoms with E-state index in [2.05, 4.69) is 17.2 Å². The van der Waals surface area contributed by atoms with Crippen LogP contribution in [0.1, 0.15) is 48.7 Å². The molecule has 0 saturated heterocycles. The monoisotopic (exact) mass is 233 g/mol. The number of nitrogens with two attached hydrogens (primary N) is 1. The third-order valence-electron chi connectivity index (χ3n) is 3.48. The largest absolute Gasteiger partial charge is 0.397 e. The Bertz CT molecular complexity index is 436. The van der Waals surface area contributed by atoms with Gasteiger partial charge in [-0.05, 0) is 32.8 Å². The number of amides is 1. The van der Waals surface area contributed by atoms with Gasteiger partial charge in [-0.3, -0.25) is 9.78 Å². The number of nitrogens with one attached hydrogen (secondary N) is 1. The molecule has 1 fully saturated rings. The Balaban J connectivity index is 2.17. The lowest BCUT2D eigenvalue weighted by atomic mass is 10.00. The fourth-order valence-electron chi connectivity index (χ4n) is 2.40. The minimum atomic E-state index is -0.0632. The van der Waals surface area contributed by atoms with Gasteiger partial charge in [-0.2, -0.15) is 0 Å². The average molecular weight is 233 g/mol. The van der Waals surface area contributed by atoms with Gasteiger partial charge in [-0.25, -0.2) is 0 Å². The number of nitrogen functional groups attached to an aromatic ring is 1. The van der Waals surface area contributed by atoms with Crippen LogP contribution in [0, 0.1) is 6.92 Å². The summed E-state index contributed by atoms with van der Waals surface area (Å²) in [7, 11) is 0. The van der Waals surface area contributed by atoms with Crippen molar-refractivity contribution in [3.63, 3.8) is 0 Å². The van der Waals surface area contributed by atoms with Crippen LogP contribution in [0.15, 0.2) is 12.3 Å². The van der Waals surface area contributed by atoms with Crippen LogP contribution >= 0.6 is 0 Å². The van der Waals surface area contributed by atoms with Crippen LogP contribution in [0.2, 0.25) is 0 Å². The topological polar surface area (TPSA) is 68.0 Å². The summed E-state index contributed by atoms with van der Waals surface area (Å²) in [5.74, 6) is -0.0632. The summed E-state index contributed by atoms with van der Waals surface area (Å²) in [4.78, 5) is 16.3. The molecule has 1 amide bonds. The summed E-state index contributed by atoms with van der Waals surface area (Å²) in [5.41, 5.74) is 7.43. The predicted octanol–water partition coefficient (Wildman–Crippen LogP) is 2.03. The van der Waals surface area contributed by atoms with Crippen molar-refractivity contribution in [2.75, 3.05) is 5.73 Å². The number of anilines is 1. The van der Waals surface area contributed by atoms with Gasteiger partial charge in [-0.1, -0.05) is 12.8 Å². The first-order valence-corrected chi connectivity index (χ1v) is 6.05. The summed E-state index contributed by atoms with van der Waals surface area (Å²) in [6, 6.07) is 1.69. The molecule has 1 aromatic rings. The maximum absolute atomic E-state index is 12.2. The molecule has 0 bridgehead atoms. The molecular formula is C13H19N3O. The predicted molar refractivity (Wildman–Crippen MR) is 67.7 cm³/mol. The van der Waals surface area contributed by atoms with Gasteiger partial charge in [0.2, 0.25) is 0 Å². The first-order chi connectivity index (χ1) is 8.00. The van der Waals surface area contributed by atoms with E-state index in [0.717, 1.165) is 18.5 Å². The number of hydrogen-bond acceptors (Lipinski definition) is 3. The van der Waals surface area contributed by atoms with Gasteiger partial charge < -0.3 is 11.1 Å². The molecule has 0 atom stereocenters. The zero-order chi connectivity index (χ0) is 12.5. The van der Waals surface area contributed by atoms with Crippen molar-refractivity contribution >= 4 is 11.6 Å². The highest BCUT2D eigenvalue weighted by Gasteiger charge is 2.30. The summed E-state index contributed by atoms with van der Waals surface area (Å²) < 4.78 is 0. The standard InChI is InChI=1S/C13H19N3O/c1-9-11(7-10(14)8-15-9)12(17)16-13(2)5-3-4-6-13/h7-8H,3-6,14H2,1-2H3,(H,16,17). The lowest BCUT2D eigenvalue weighted by Gasteiger charge is -2.25. The molecule has 0 unspecified atom stereocenters. The molecule has 1 aliphatic carbocycles. The van der Waals surface area contributed by atoms with Crippen LogP contribution in [-0.4, -0.2) is 16.4 Å². The van der Waals surface area contributed by atoms with Crippen LogP contribution in [-0.2, 0) is 0 Å². The molecule has 4 heteroatoms. The highest BCUT2D eigenvalue weighted by Crippen LogP contribution is 2.29. The summed E-state index contributed by atoms with van der Waals surface area (Å²) in [5, 5.41) is 3.11. The van der Waals surface area contributed by atoms with E-state index in [1.165, 1.54) is 12.8 Å². The third kappa shape index (κ3) is 2.57. The van der Waals surface area contributed by atoms with Crippen LogP contribution in [0.4, 0.5) is 5.69 Å². The molecule has 0 aromatic carbocycles. The maximum atomic E-state index is 12.2. The molecule has 3 N–H and O–H groups in total. The van der Waals surface area contributed by atoms with Crippen molar-refractivity contribution in [3.8, 4) is 0 Å². The number of carbonyl (C=O) groups excluding carboxylic acids is 1. The van der Waals surface area contributed by atoms with Gasteiger partial charge in [-0.15, -0.1) is 0 Å². The molecular weight excluding hydrogens is 214 g/mol. The number of aromatic nitrogens is 1. The second-order valence-electron chi connectivity index (χ2n) is 5.12. The number of hydrogen-bond donors (Lipinski definition) is 2. The Hall–Kier alpha value is -1.58. The van der Waals surface area contributed by atoms with Crippen molar-refractivity contribution in [2.24, 2.45) is 0 Å². The van der Waals surface area contributed by atoms with Gasteiger partial charge >= 0.3 is 0 Å². The average Bonchev–Trinajstić information content (AvgIpc) is 2.68. The minimum Gasteiger partial charge on any atom is -0.397 e. The van der Waals surface area contributed by atoms with Crippen molar-refractivity contribution in [1.29, 1.82) is 0 Å². The Labute approximate surface area is 102 Å². The molecule has 0 aliphatic heterocycles. The van der Waals surface area contributed by atoms with Crippen LogP contribution in [0.5, 0.6) is 0 Å². The highest BCUT2D eigenvalue weighted by atomic mass is 16.1. The van der Waals surface area contributed by atoms with E-state index in [1.54, 1.807) is 12.3 Å². The smallest absolute Gasteiger partial charge is 0.253 e. The first kappa shape index (κ1) is 11.9. The van der Waals surface area contributed by atoms with E-state index in [4.69, 9.17) is 5.73 Å². The fraction of sp³-hybridized carbons (Fsp3) is 0.538. The fourth-order valence-corrected chi connectivity index (χ4v) is 2.40. The Morgan fingerprint density at radius 2 is 2.12 bits per heavy atom. The molecule has 1 aromatic heterocycles. The number of pyridine rings is 1. The van der Waals surface area contributed by atoms with Crippen LogP contribution in [0.3, 0.4) is 0 Å². The molecule has 17 heavy (non-hydrogen) atoms. The number of aryl methyl sites for hydroxylation is 1. The number of rotatable bonds is 2. The van der Waals surface area contributed by atoms with Crippen molar-refractivity contribution in [2.45, 2.75) is 45.1 Å². The molecule has 2 rings (SSSR count). The van der Waals surface area contributed by atoms with Crippen LogP contribution in [0.25, 0.3) is 0 Å². The molecule has 92 valence electrons. The summed E-state index contributed by atoms with van der Waals surface area (Å²) in [6.45, 7) is 3.93. The number of carbonyl (C=O) groups is 1. The number of nitrogens with zero attached hydrogens (tertiary/aromatic N) is 1. The van der Waals surface area contributed by atoms with E-state index in [0.29, 0.717) is 11.3 Å². The minimum absolute atomic E-state index is 0.0614. The Morgan fingerprint density at radius 3 is 2.76 bits per heavy atom. The second kappa shape index (κ2) is 4.35. The molecule has 0 spiro atoms. The first-order valence-electron chi connectivity index (χ1n) is 6.05. The lowest BCUT2D eigenvalue weighted by molar-refractivity contribution is 0.0907. The van der Waals surface area contributed by atoms with Crippen molar-refractivity contribution in [1.82, 2.24) is 10.3 Å². The van der Waals surface area contributed by atoms with Gasteiger partial charge in [0.1, 0.15) is 0 Å². The van der Waals surface area contributed by atoms with E-state index >= 15 is 0 Å². The van der Waals surface area contributed by atoms with E-state index < -0.39 is 0 Å². The van der Waals surface area contributed by atoms with Gasteiger partial charge in [0.05, 0.1) is 23.1 Å². The Kier molecular flexibility index (Phi) is 3.05. The summed E-state index contributed by atoms with van der Waals surface area (Å²) >= 11 is 0. The van der Waals surface area contributed by atoms with Gasteiger partial charge in [0, 0.05) is 5.54 Å². The Morgan fingerprint density at radius 1 is 1.47 bits per heavy atom. The second-order valence-corrected chi connectivity index (χ2v) is 5.12. The molecule has 1 heterocycles. The molecule has 4 nitrogen and oxygen atoms in total. The van der Waals surface area contributed by atoms with Gasteiger partial charge in [0.15, 0.2) is 0 Å². The zero-order valence-corrected chi connectivity index (χ0v) is 10.4. The normalized spacial score (nSPS) is 18.0. The molecule has 0 radical (unpaired) electrons. The van der Waals surface area contributed by atoms with E-state index in [1.807, 2.05) is 6.92 Å². The van der Waals surface area contributed by atoms with Crippen LogP contribution < -0.4 is 11.1 Å². The molecule has 1 aliphatic rings. The summed E-state index contributed by atoms with van der Waals surface area (Å²) in [6.07, 6.45) is 6.04. The van der Waals surface area contributed by atoms with E-state index in [-0.39, 0.29) is 11.4 Å². The highest BCUT2D eigenvalue weighted by molar-refractivity contribution is 5.96. The van der Waals surface area contributed by atoms with Crippen molar-refractivity contribution < 1.29 is 4.79 Å². The third-order valence-corrected chi connectivity index (χ3v) is 3.48. The van der Waals surface area contributed by atoms with Crippen molar-refractivity contribution in [3.05, 3.63) is 23.5 Å². The quantitative estimate of drug-likeness (QED) is 0.821. The maximum Gasteiger partial charge on any atom is 0.253 e. The van der Waals surface area contributed by atoms with E-state index in [9.17, 15) is 4.79 Å². The SMILES string of the molecule is Cc1ncc(N)cc1C(=O)NC1(C)CCCC1. The van der Waals surface area contributed by atoms with Gasteiger partial charge in [0.25, 0.3) is 5.91 Å².